The van der Waals surface area contributed by atoms with Crippen LogP contribution in [0.5, 0.6) is 11.5 Å². The van der Waals surface area contributed by atoms with Crippen molar-refractivity contribution >= 4 is 22.7 Å². The fourth-order valence-corrected chi connectivity index (χ4v) is 3.43. The summed E-state index contributed by atoms with van der Waals surface area (Å²) in [6.07, 6.45) is 1.47. The van der Waals surface area contributed by atoms with Gasteiger partial charge in [0, 0.05) is 17.8 Å². The van der Waals surface area contributed by atoms with Crippen LogP contribution in [0.4, 0.5) is 0 Å². The quantitative estimate of drug-likeness (QED) is 0.577. The molecular formula is C23H23NO7. The van der Waals surface area contributed by atoms with Crippen molar-refractivity contribution < 1.29 is 28.5 Å². The maximum Gasteiger partial charge on any atom is 0.339 e. The third kappa shape index (κ3) is 4.23. The number of ether oxygens (including phenoxy) is 4. The highest BCUT2D eigenvalue weighted by atomic mass is 16.5. The summed E-state index contributed by atoms with van der Waals surface area (Å²) in [5, 5.41) is 1.20. The Labute approximate surface area is 178 Å². The van der Waals surface area contributed by atoms with Gasteiger partial charge in [-0.2, -0.15) is 0 Å². The van der Waals surface area contributed by atoms with Gasteiger partial charge >= 0.3 is 11.9 Å². The van der Waals surface area contributed by atoms with Gasteiger partial charge < -0.3 is 23.9 Å². The molecule has 0 fully saturated rings. The van der Waals surface area contributed by atoms with E-state index < -0.39 is 11.9 Å². The van der Waals surface area contributed by atoms with Crippen LogP contribution in [-0.2, 0) is 9.47 Å². The first-order chi connectivity index (χ1) is 14.9. The summed E-state index contributed by atoms with van der Waals surface area (Å²) in [6.45, 7) is 4.51. The van der Waals surface area contributed by atoms with E-state index in [-0.39, 0.29) is 16.7 Å². The molecule has 0 amide bonds. The zero-order chi connectivity index (χ0) is 22.5. The molecule has 0 unspecified atom stereocenters. The van der Waals surface area contributed by atoms with Crippen LogP contribution in [-0.4, -0.2) is 44.4 Å². The van der Waals surface area contributed by atoms with Crippen LogP contribution in [0.15, 0.2) is 41.3 Å². The summed E-state index contributed by atoms with van der Waals surface area (Å²) in [6, 6.07) is 7.99. The van der Waals surface area contributed by atoms with Crippen LogP contribution < -0.4 is 15.0 Å². The van der Waals surface area contributed by atoms with Gasteiger partial charge in [0.15, 0.2) is 11.5 Å². The molecule has 0 atom stereocenters. The van der Waals surface area contributed by atoms with Gasteiger partial charge in [0.2, 0.25) is 5.56 Å². The zero-order valence-electron chi connectivity index (χ0n) is 17.7. The molecule has 1 aromatic heterocycles. The molecule has 3 rings (SSSR count). The Balaban J connectivity index is 2.53. The molecule has 0 aliphatic rings. The Kier molecular flexibility index (Phi) is 6.59. The van der Waals surface area contributed by atoms with Crippen LogP contribution in [0.2, 0.25) is 0 Å². The van der Waals surface area contributed by atoms with Gasteiger partial charge in [0.25, 0.3) is 0 Å². The second-order valence-electron chi connectivity index (χ2n) is 6.48. The van der Waals surface area contributed by atoms with Crippen molar-refractivity contribution in [3.8, 4) is 22.6 Å². The Hall–Kier alpha value is -3.81. The number of benzene rings is 2. The first-order valence-electron chi connectivity index (χ1n) is 9.71. The second kappa shape index (κ2) is 9.34. The number of hydrogen-bond acceptors (Lipinski definition) is 7. The van der Waals surface area contributed by atoms with Crippen LogP contribution in [0.1, 0.15) is 34.6 Å². The monoisotopic (exact) mass is 425 g/mol. The minimum Gasteiger partial charge on any atom is -0.490 e. The van der Waals surface area contributed by atoms with Gasteiger partial charge in [-0.05, 0) is 54.4 Å². The summed E-state index contributed by atoms with van der Waals surface area (Å²) in [7, 11) is 2.45. The maximum atomic E-state index is 12.8. The topological polar surface area (TPSA) is 104 Å². The van der Waals surface area contributed by atoms with Crippen LogP contribution in [0.3, 0.4) is 0 Å². The van der Waals surface area contributed by atoms with Crippen molar-refractivity contribution in [3.63, 3.8) is 0 Å². The SMILES string of the molecule is CCOc1cc2cc(C(=O)OC)c(C(=O)OC)c(-c3cc[nH]c(=O)c3)c2cc1OCC. The van der Waals surface area contributed by atoms with Crippen molar-refractivity contribution in [2.45, 2.75) is 13.8 Å². The highest BCUT2D eigenvalue weighted by Gasteiger charge is 2.27. The third-order valence-electron chi connectivity index (χ3n) is 4.66. The predicted octanol–water partition coefficient (Wildman–Crippen LogP) is 3.57. The molecule has 0 saturated heterocycles. The largest absolute Gasteiger partial charge is 0.490 e. The molecule has 1 heterocycles. The van der Waals surface area contributed by atoms with Gasteiger partial charge in [-0.15, -0.1) is 0 Å². The first-order valence-corrected chi connectivity index (χ1v) is 9.71. The fourth-order valence-electron chi connectivity index (χ4n) is 3.43. The highest BCUT2D eigenvalue weighted by molar-refractivity contribution is 6.15. The molecule has 0 aliphatic carbocycles. The minimum atomic E-state index is -0.732. The number of methoxy groups -OCH3 is 2. The molecular weight excluding hydrogens is 402 g/mol. The van der Waals surface area contributed by atoms with E-state index >= 15 is 0 Å². The number of H-pyrrole nitrogens is 1. The van der Waals surface area contributed by atoms with E-state index in [0.29, 0.717) is 46.6 Å². The number of carbonyl (C=O) groups excluding carboxylic acids is 2. The van der Waals surface area contributed by atoms with Gasteiger partial charge in [0.05, 0.1) is 38.6 Å². The van der Waals surface area contributed by atoms with E-state index in [4.69, 9.17) is 18.9 Å². The van der Waals surface area contributed by atoms with Crippen molar-refractivity contribution in [1.29, 1.82) is 0 Å². The smallest absolute Gasteiger partial charge is 0.339 e. The van der Waals surface area contributed by atoms with E-state index in [1.54, 1.807) is 24.3 Å². The van der Waals surface area contributed by atoms with Gasteiger partial charge in [0.1, 0.15) is 0 Å². The predicted molar refractivity (Wildman–Crippen MR) is 115 cm³/mol. The Morgan fingerprint density at radius 3 is 2.13 bits per heavy atom. The molecule has 2 aromatic carbocycles. The lowest BCUT2D eigenvalue weighted by Gasteiger charge is -2.18. The summed E-state index contributed by atoms with van der Waals surface area (Å²) < 4.78 is 21.3. The number of pyridine rings is 1. The molecule has 162 valence electrons. The van der Waals surface area contributed by atoms with E-state index in [9.17, 15) is 14.4 Å². The molecule has 1 N–H and O–H groups in total. The summed E-state index contributed by atoms with van der Waals surface area (Å²) >= 11 is 0. The van der Waals surface area contributed by atoms with E-state index in [1.165, 1.54) is 26.5 Å². The number of nitrogens with one attached hydrogen (secondary N) is 1. The second-order valence-corrected chi connectivity index (χ2v) is 6.48. The number of hydrogen-bond donors (Lipinski definition) is 1. The Bertz CT molecular complexity index is 1200. The number of fused-ring (bicyclic) bond motifs is 1. The molecule has 31 heavy (non-hydrogen) atoms. The first kappa shape index (κ1) is 21.9. The maximum absolute atomic E-state index is 12.8. The zero-order valence-corrected chi connectivity index (χ0v) is 17.7. The van der Waals surface area contributed by atoms with Crippen molar-refractivity contribution in [3.05, 3.63) is 58.0 Å². The number of carbonyl (C=O) groups is 2. The van der Waals surface area contributed by atoms with Crippen molar-refractivity contribution in [2.24, 2.45) is 0 Å². The molecule has 0 aliphatic heterocycles. The standard InChI is InChI=1S/C23H23NO7/c1-5-30-17-10-14-9-16(22(26)28-3)21(23(27)29-4)20(13-7-8-24-19(25)11-13)15(14)12-18(17)31-6-2/h7-12H,5-6H2,1-4H3,(H,24,25). The molecule has 8 nitrogen and oxygen atoms in total. The molecule has 0 saturated carbocycles. The highest BCUT2D eigenvalue weighted by Crippen LogP contribution is 2.40. The third-order valence-corrected chi connectivity index (χ3v) is 4.66. The average molecular weight is 425 g/mol. The van der Waals surface area contributed by atoms with Gasteiger partial charge in [-0.25, -0.2) is 9.59 Å². The summed E-state index contributed by atoms with van der Waals surface area (Å²) in [5.41, 5.74) is 0.454. The van der Waals surface area contributed by atoms with E-state index in [0.717, 1.165) is 0 Å². The summed E-state index contributed by atoms with van der Waals surface area (Å²) in [4.78, 5) is 39.9. The number of aromatic nitrogens is 1. The number of rotatable bonds is 7. The lowest BCUT2D eigenvalue weighted by atomic mass is 9.89. The normalized spacial score (nSPS) is 10.6. The van der Waals surface area contributed by atoms with Gasteiger partial charge in [-0.1, -0.05) is 0 Å². The fraction of sp³-hybridized carbons (Fsp3) is 0.261. The Morgan fingerprint density at radius 1 is 0.903 bits per heavy atom. The lowest BCUT2D eigenvalue weighted by molar-refractivity contribution is 0.0556. The van der Waals surface area contributed by atoms with Crippen LogP contribution in [0.25, 0.3) is 21.9 Å². The van der Waals surface area contributed by atoms with Crippen LogP contribution >= 0.6 is 0 Å². The number of aromatic amines is 1. The average Bonchev–Trinajstić information content (AvgIpc) is 2.77. The van der Waals surface area contributed by atoms with Crippen molar-refractivity contribution in [1.82, 2.24) is 4.98 Å². The molecule has 0 spiro atoms. The Morgan fingerprint density at radius 2 is 1.55 bits per heavy atom. The molecule has 8 heteroatoms. The van der Waals surface area contributed by atoms with Gasteiger partial charge in [-0.3, -0.25) is 4.79 Å². The van der Waals surface area contributed by atoms with E-state index in [2.05, 4.69) is 4.98 Å². The van der Waals surface area contributed by atoms with E-state index in [1.807, 2.05) is 13.8 Å². The molecule has 3 aromatic rings. The summed E-state index contributed by atoms with van der Waals surface area (Å²) in [5.74, 6) is -0.468. The molecule has 0 radical (unpaired) electrons. The number of esters is 2. The molecule has 0 bridgehead atoms. The lowest BCUT2D eigenvalue weighted by Crippen LogP contribution is -2.15. The van der Waals surface area contributed by atoms with Crippen LogP contribution in [0, 0.1) is 0 Å². The van der Waals surface area contributed by atoms with Crippen molar-refractivity contribution in [2.75, 3.05) is 27.4 Å². The minimum absolute atomic E-state index is 0.000872.